The van der Waals surface area contributed by atoms with Gasteiger partial charge in [-0.05, 0) is 6.92 Å². The minimum Gasteiger partial charge on any atom is -0.381 e. The Bertz CT molecular complexity index is 237. The lowest BCUT2D eigenvalue weighted by Crippen LogP contribution is -2.50. The fraction of sp³-hybridized carbons (Fsp3) is 0.909. The van der Waals surface area contributed by atoms with Crippen molar-refractivity contribution >= 4 is 5.91 Å². The van der Waals surface area contributed by atoms with Crippen molar-refractivity contribution in [1.82, 2.24) is 4.90 Å². The van der Waals surface area contributed by atoms with Gasteiger partial charge in [0.05, 0.1) is 5.60 Å². The highest BCUT2D eigenvalue weighted by molar-refractivity contribution is 5.80. The standard InChI is InChI=1S/C11H22N2O3/c1-9(10(14)13(2)3)16-11(8-12)4-6-15-7-5-11/h9H,4-8,12H2,1-3H3. The van der Waals surface area contributed by atoms with Crippen LogP contribution in [0.25, 0.3) is 0 Å². The van der Waals surface area contributed by atoms with Gasteiger partial charge in [-0.15, -0.1) is 0 Å². The van der Waals surface area contributed by atoms with E-state index in [1.807, 2.05) is 0 Å². The molecule has 0 aliphatic carbocycles. The van der Waals surface area contributed by atoms with Gasteiger partial charge in [0.2, 0.25) is 0 Å². The maximum absolute atomic E-state index is 11.7. The van der Waals surface area contributed by atoms with E-state index in [1.165, 1.54) is 4.90 Å². The molecule has 0 aromatic carbocycles. The number of hydrogen-bond donors (Lipinski definition) is 1. The molecule has 0 aromatic heterocycles. The van der Waals surface area contributed by atoms with Gasteiger partial charge in [0.15, 0.2) is 0 Å². The highest BCUT2D eigenvalue weighted by Crippen LogP contribution is 2.25. The number of nitrogens with zero attached hydrogens (tertiary/aromatic N) is 1. The van der Waals surface area contributed by atoms with Crippen molar-refractivity contribution in [3.8, 4) is 0 Å². The Morgan fingerprint density at radius 2 is 2.06 bits per heavy atom. The summed E-state index contributed by atoms with van der Waals surface area (Å²) < 4.78 is 11.1. The van der Waals surface area contributed by atoms with Crippen LogP contribution >= 0.6 is 0 Å². The van der Waals surface area contributed by atoms with E-state index < -0.39 is 6.10 Å². The average molecular weight is 230 g/mol. The molecule has 0 radical (unpaired) electrons. The molecule has 16 heavy (non-hydrogen) atoms. The first-order valence-electron chi connectivity index (χ1n) is 5.67. The molecule has 2 N–H and O–H groups in total. The van der Waals surface area contributed by atoms with E-state index in [0.717, 1.165) is 12.8 Å². The van der Waals surface area contributed by atoms with Crippen molar-refractivity contribution in [3.05, 3.63) is 0 Å². The minimum absolute atomic E-state index is 0.0284. The van der Waals surface area contributed by atoms with Gasteiger partial charge in [-0.25, -0.2) is 0 Å². The third-order valence-corrected chi connectivity index (χ3v) is 2.99. The number of carbonyl (C=O) groups excluding carboxylic acids is 1. The molecule has 0 aromatic rings. The lowest BCUT2D eigenvalue weighted by Gasteiger charge is -2.38. The van der Waals surface area contributed by atoms with Gasteiger partial charge in [0, 0.05) is 46.7 Å². The first-order valence-corrected chi connectivity index (χ1v) is 5.67. The van der Waals surface area contributed by atoms with Crippen LogP contribution in [0.2, 0.25) is 0 Å². The fourth-order valence-corrected chi connectivity index (χ4v) is 1.90. The number of rotatable bonds is 4. The highest BCUT2D eigenvalue weighted by Gasteiger charge is 2.35. The van der Waals surface area contributed by atoms with E-state index in [-0.39, 0.29) is 11.5 Å². The van der Waals surface area contributed by atoms with Gasteiger partial charge >= 0.3 is 0 Å². The molecular formula is C11H22N2O3. The van der Waals surface area contributed by atoms with Crippen LogP contribution in [0.3, 0.4) is 0 Å². The van der Waals surface area contributed by atoms with Crippen LogP contribution in [0.5, 0.6) is 0 Å². The Labute approximate surface area is 96.9 Å². The molecule has 1 rings (SSSR count). The second-order valence-corrected chi connectivity index (χ2v) is 4.49. The quantitative estimate of drug-likeness (QED) is 0.737. The maximum Gasteiger partial charge on any atom is 0.250 e. The highest BCUT2D eigenvalue weighted by atomic mass is 16.5. The van der Waals surface area contributed by atoms with E-state index in [4.69, 9.17) is 15.2 Å². The zero-order valence-electron chi connectivity index (χ0n) is 10.4. The molecule has 1 aliphatic rings. The van der Waals surface area contributed by atoms with Crippen molar-refractivity contribution in [2.24, 2.45) is 5.73 Å². The molecule has 1 saturated heterocycles. The predicted molar refractivity (Wildman–Crippen MR) is 61.1 cm³/mol. The second-order valence-electron chi connectivity index (χ2n) is 4.49. The lowest BCUT2D eigenvalue weighted by atomic mass is 9.94. The maximum atomic E-state index is 11.7. The molecule has 5 nitrogen and oxygen atoms in total. The number of nitrogens with two attached hydrogens (primary N) is 1. The molecule has 1 heterocycles. The average Bonchev–Trinajstić information content (AvgIpc) is 2.29. The summed E-state index contributed by atoms with van der Waals surface area (Å²) in [5.41, 5.74) is 5.37. The number of carbonyl (C=O) groups is 1. The van der Waals surface area contributed by atoms with Gasteiger partial charge in [-0.3, -0.25) is 4.79 Å². The van der Waals surface area contributed by atoms with E-state index in [1.54, 1.807) is 21.0 Å². The molecule has 1 atom stereocenters. The van der Waals surface area contributed by atoms with E-state index >= 15 is 0 Å². The van der Waals surface area contributed by atoms with Gasteiger partial charge in [-0.2, -0.15) is 0 Å². The van der Waals surface area contributed by atoms with Crippen molar-refractivity contribution in [2.75, 3.05) is 33.9 Å². The summed E-state index contributed by atoms with van der Waals surface area (Å²) in [4.78, 5) is 13.2. The van der Waals surface area contributed by atoms with Gasteiger partial charge in [0.25, 0.3) is 5.91 Å². The zero-order chi connectivity index (χ0) is 12.2. The Balaban J connectivity index is 2.58. The Kier molecular flexibility index (Phi) is 4.70. The predicted octanol–water partition coefficient (Wildman–Crippen LogP) is -0.0124. The molecule has 1 fully saturated rings. The summed E-state index contributed by atoms with van der Waals surface area (Å²) in [5.74, 6) is -0.0284. The number of likely N-dealkylation sites (N-methyl/N-ethyl adjacent to an activating group) is 1. The SMILES string of the molecule is CC(OC1(CN)CCOCC1)C(=O)N(C)C. The number of ether oxygens (including phenoxy) is 2. The van der Waals surface area contributed by atoms with Crippen LogP contribution < -0.4 is 5.73 Å². The number of amides is 1. The first kappa shape index (κ1) is 13.4. The third kappa shape index (κ3) is 3.17. The van der Waals surface area contributed by atoms with Crippen LogP contribution in [-0.4, -0.2) is 56.4 Å². The summed E-state index contributed by atoms with van der Waals surface area (Å²) in [7, 11) is 3.45. The molecule has 1 unspecified atom stereocenters. The van der Waals surface area contributed by atoms with Crippen LogP contribution in [-0.2, 0) is 14.3 Å². The van der Waals surface area contributed by atoms with Crippen LogP contribution in [0.4, 0.5) is 0 Å². The smallest absolute Gasteiger partial charge is 0.250 e. The van der Waals surface area contributed by atoms with Crippen molar-refractivity contribution < 1.29 is 14.3 Å². The summed E-state index contributed by atoms with van der Waals surface area (Å²) in [6.07, 6.45) is 1.07. The van der Waals surface area contributed by atoms with Crippen molar-refractivity contribution in [1.29, 1.82) is 0 Å². The van der Waals surface area contributed by atoms with Gasteiger partial charge in [0.1, 0.15) is 6.10 Å². The fourth-order valence-electron chi connectivity index (χ4n) is 1.90. The molecule has 0 spiro atoms. The lowest BCUT2D eigenvalue weighted by molar-refractivity contribution is -0.164. The van der Waals surface area contributed by atoms with Gasteiger partial charge in [-0.1, -0.05) is 0 Å². The largest absolute Gasteiger partial charge is 0.381 e. The first-order chi connectivity index (χ1) is 7.51. The minimum atomic E-state index is -0.448. The summed E-state index contributed by atoms with van der Waals surface area (Å²) >= 11 is 0. The molecule has 5 heteroatoms. The molecule has 1 amide bonds. The monoisotopic (exact) mass is 230 g/mol. The van der Waals surface area contributed by atoms with Crippen molar-refractivity contribution in [2.45, 2.75) is 31.5 Å². The zero-order valence-corrected chi connectivity index (χ0v) is 10.4. The van der Waals surface area contributed by atoms with E-state index in [0.29, 0.717) is 19.8 Å². The Hall–Kier alpha value is -0.650. The molecule has 0 bridgehead atoms. The summed E-state index contributed by atoms with van der Waals surface area (Å²) in [6, 6.07) is 0. The number of hydrogen-bond acceptors (Lipinski definition) is 4. The van der Waals surface area contributed by atoms with Crippen molar-refractivity contribution in [3.63, 3.8) is 0 Å². The van der Waals surface area contributed by atoms with Crippen LogP contribution in [0.15, 0.2) is 0 Å². The Morgan fingerprint density at radius 3 is 2.50 bits per heavy atom. The topological polar surface area (TPSA) is 64.8 Å². The molecular weight excluding hydrogens is 208 g/mol. The van der Waals surface area contributed by atoms with Gasteiger partial charge < -0.3 is 20.1 Å². The second kappa shape index (κ2) is 5.61. The van der Waals surface area contributed by atoms with Crippen LogP contribution in [0, 0.1) is 0 Å². The van der Waals surface area contributed by atoms with E-state index in [9.17, 15) is 4.79 Å². The third-order valence-electron chi connectivity index (χ3n) is 2.99. The normalized spacial score (nSPS) is 21.5. The molecule has 1 aliphatic heterocycles. The van der Waals surface area contributed by atoms with E-state index in [2.05, 4.69) is 0 Å². The summed E-state index contributed by atoms with van der Waals surface area (Å²) in [6.45, 7) is 3.51. The van der Waals surface area contributed by atoms with Crippen LogP contribution in [0.1, 0.15) is 19.8 Å². The Morgan fingerprint density at radius 1 is 1.50 bits per heavy atom. The summed E-state index contributed by atoms with van der Waals surface area (Å²) in [5, 5.41) is 0. The molecule has 94 valence electrons. The molecule has 0 saturated carbocycles.